The average molecular weight is 333 g/mol. The zero-order valence-corrected chi connectivity index (χ0v) is 13.8. The van der Waals surface area contributed by atoms with Gasteiger partial charge in [0.05, 0.1) is 13.2 Å². The molecule has 1 fully saturated rings. The van der Waals surface area contributed by atoms with Crippen LogP contribution in [0.15, 0.2) is 24.3 Å². The smallest absolute Gasteiger partial charge is 0.280 e. The van der Waals surface area contributed by atoms with E-state index in [4.69, 9.17) is 16.3 Å². The number of ether oxygens (including phenoxy) is 1. The van der Waals surface area contributed by atoms with Crippen molar-refractivity contribution >= 4 is 21.8 Å². The zero-order chi connectivity index (χ0) is 15.5. The van der Waals surface area contributed by atoms with Crippen molar-refractivity contribution in [3.8, 4) is 0 Å². The first-order chi connectivity index (χ1) is 9.88. The van der Waals surface area contributed by atoms with Gasteiger partial charge in [-0.3, -0.25) is 0 Å². The fraction of sp³-hybridized carbons (Fsp3) is 0.571. The summed E-state index contributed by atoms with van der Waals surface area (Å²) >= 11 is 5.84. The van der Waals surface area contributed by atoms with Crippen LogP contribution in [0.3, 0.4) is 0 Å². The molecule has 118 valence electrons. The van der Waals surface area contributed by atoms with Crippen LogP contribution in [0.5, 0.6) is 0 Å². The number of halogens is 1. The van der Waals surface area contributed by atoms with Crippen LogP contribution in [-0.4, -0.2) is 44.6 Å². The second-order valence-corrected chi connectivity index (χ2v) is 7.48. The van der Waals surface area contributed by atoms with Crippen molar-refractivity contribution in [2.75, 3.05) is 19.8 Å². The van der Waals surface area contributed by atoms with E-state index < -0.39 is 10.2 Å². The van der Waals surface area contributed by atoms with Crippen LogP contribution in [0.1, 0.15) is 19.4 Å². The number of benzene rings is 1. The highest BCUT2D eigenvalue weighted by Gasteiger charge is 2.30. The molecule has 0 unspecified atom stereocenters. The van der Waals surface area contributed by atoms with Crippen molar-refractivity contribution in [2.45, 2.75) is 32.4 Å². The van der Waals surface area contributed by atoms with Crippen molar-refractivity contribution in [1.82, 2.24) is 9.03 Å². The third-order valence-electron chi connectivity index (χ3n) is 3.42. The van der Waals surface area contributed by atoms with Gasteiger partial charge in [0, 0.05) is 23.7 Å². The minimum absolute atomic E-state index is 0.140. The molecule has 5 nitrogen and oxygen atoms in total. The Bertz CT molecular complexity index is 562. The van der Waals surface area contributed by atoms with Crippen molar-refractivity contribution < 1.29 is 13.2 Å². The van der Waals surface area contributed by atoms with Gasteiger partial charge in [-0.25, -0.2) is 0 Å². The van der Waals surface area contributed by atoms with E-state index in [0.717, 1.165) is 5.56 Å². The van der Waals surface area contributed by atoms with Gasteiger partial charge in [0.25, 0.3) is 10.2 Å². The normalized spacial score (nSPS) is 22.1. The molecule has 1 aliphatic rings. The monoisotopic (exact) mass is 332 g/mol. The first-order valence-corrected chi connectivity index (χ1v) is 8.81. The minimum Gasteiger partial charge on any atom is -0.378 e. The summed E-state index contributed by atoms with van der Waals surface area (Å²) in [4.78, 5) is 0. The predicted octanol–water partition coefficient (Wildman–Crippen LogP) is 1.83. The van der Waals surface area contributed by atoms with Crippen molar-refractivity contribution in [3.05, 3.63) is 34.9 Å². The maximum atomic E-state index is 12.4. The van der Waals surface area contributed by atoms with Gasteiger partial charge in [-0.1, -0.05) is 23.7 Å². The summed E-state index contributed by atoms with van der Waals surface area (Å²) in [5.41, 5.74) is 1.05. The summed E-state index contributed by atoms with van der Waals surface area (Å²) in [5, 5.41) is 0.675. The van der Waals surface area contributed by atoms with E-state index in [1.807, 2.05) is 38.1 Å². The Morgan fingerprint density at radius 1 is 1.43 bits per heavy atom. The van der Waals surface area contributed by atoms with E-state index >= 15 is 0 Å². The maximum absolute atomic E-state index is 12.4. The third-order valence-corrected chi connectivity index (χ3v) is 5.53. The standard InChI is InChI=1S/C14H21ClN2O3S/c1-11(9-13-3-5-14(15)6-4-13)16-21(18,19)17-7-8-20-10-12(17)2/h3-6,11-12,16H,7-10H2,1-2H3/t11-,12+/m0/s1. The Balaban J connectivity index is 1.97. The molecule has 2 atom stereocenters. The molecule has 1 aromatic carbocycles. The molecule has 1 aromatic rings. The lowest BCUT2D eigenvalue weighted by Crippen LogP contribution is -2.53. The predicted molar refractivity (Wildman–Crippen MR) is 83.7 cm³/mol. The largest absolute Gasteiger partial charge is 0.378 e. The highest BCUT2D eigenvalue weighted by atomic mass is 35.5. The topological polar surface area (TPSA) is 58.6 Å². The van der Waals surface area contributed by atoms with Crippen LogP contribution in [0, 0.1) is 0 Å². The molecular formula is C14H21ClN2O3S. The third kappa shape index (κ3) is 4.66. The van der Waals surface area contributed by atoms with E-state index in [0.29, 0.717) is 31.2 Å². The molecule has 7 heteroatoms. The fourth-order valence-corrected chi connectivity index (χ4v) is 4.11. The summed E-state index contributed by atoms with van der Waals surface area (Å²) in [7, 11) is -3.48. The molecule has 1 N–H and O–H groups in total. The highest BCUT2D eigenvalue weighted by Crippen LogP contribution is 2.14. The van der Waals surface area contributed by atoms with Crippen molar-refractivity contribution in [3.63, 3.8) is 0 Å². The second-order valence-electron chi connectivity index (χ2n) is 5.39. The molecule has 0 radical (unpaired) electrons. The Hall–Kier alpha value is -0.660. The van der Waals surface area contributed by atoms with E-state index in [1.165, 1.54) is 4.31 Å². The van der Waals surface area contributed by atoms with E-state index in [1.54, 1.807) is 0 Å². The van der Waals surface area contributed by atoms with E-state index in [-0.39, 0.29) is 12.1 Å². The van der Waals surface area contributed by atoms with Crippen LogP contribution in [0.2, 0.25) is 5.02 Å². The molecule has 1 saturated heterocycles. The summed E-state index contributed by atoms with van der Waals surface area (Å²) < 4.78 is 34.2. The fourth-order valence-electron chi connectivity index (χ4n) is 2.41. The van der Waals surface area contributed by atoms with Gasteiger partial charge in [0.1, 0.15) is 0 Å². The Kier molecular flexibility index (Phi) is 5.62. The SMILES string of the molecule is C[C@@H]1COCCN1S(=O)(=O)N[C@@H](C)Cc1ccc(Cl)cc1. The summed E-state index contributed by atoms with van der Waals surface area (Å²) in [5.74, 6) is 0. The Morgan fingerprint density at radius 3 is 2.71 bits per heavy atom. The second kappa shape index (κ2) is 7.07. The Morgan fingerprint density at radius 2 is 2.10 bits per heavy atom. The number of hydrogen-bond donors (Lipinski definition) is 1. The minimum atomic E-state index is -3.48. The Labute approximate surface area is 131 Å². The molecular weight excluding hydrogens is 312 g/mol. The molecule has 0 spiro atoms. The van der Waals surface area contributed by atoms with Crippen molar-refractivity contribution in [1.29, 1.82) is 0 Å². The molecule has 21 heavy (non-hydrogen) atoms. The molecule has 1 heterocycles. The quantitative estimate of drug-likeness (QED) is 0.895. The summed E-state index contributed by atoms with van der Waals surface area (Å²) in [6.45, 7) is 4.98. The van der Waals surface area contributed by atoms with Crippen LogP contribution < -0.4 is 4.72 Å². The molecule has 0 aromatic heterocycles. The summed E-state index contributed by atoms with van der Waals surface area (Å²) in [6.07, 6.45) is 0.620. The van der Waals surface area contributed by atoms with Gasteiger partial charge in [-0.15, -0.1) is 0 Å². The van der Waals surface area contributed by atoms with Gasteiger partial charge in [-0.2, -0.15) is 17.4 Å². The van der Waals surface area contributed by atoms with Gasteiger partial charge in [0.15, 0.2) is 0 Å². The summed E-state index contributed by atoms with van der Waals surface area (Å²) in [6, 6.07) is 7.10. The van der Waals surface area contributed by atoms with Crippen LogP contribution in [0.25, 0.3) is 0 Å². The molecule has 0 aliphatic carbocycles. The van der Waals surface area contributed by atoms with E-state index in [9.17, 15) is 8.42 Å². The van der Waals surface area contributed by atoms with Gasteiger partial charge in [0.2, 0.25) is 0 Å². The lowest BCUT2D eigenvalue weighted by Gasteiger charge is -2.33. The molecule has 2 rings (SSSR count). The number of rotatable bonds is 5. The highest BCUT2D eigenvalue weighted by molar-refractivity contribution is 7.87. The van der Waals surface area contributed by atoms with Crippen molar-refractivity contribution in [2.24, 2.45) is 0 Å². The lowest BCUT2D eigenvalue weighted by atomic mass is 10.1. The molecule has 0 bridgehead atoms. The number of hydrogen-bond acceptors (Lipinski definition) is 3. The van der Waals surface area contributed by atoms with Crippen LogP contribution in [0.4, 0.5) is 0 Å². The first-order valence-electron chi connectivity index (χ1n) is 7.00. The first kappa shape index (κ1) is 16.7. The van der Waals surface area contributed by atoms with Gasteiger partial charge < -0.3 is 4.74 Å². The van der Waals surface area contributed by atoms with Gasteiger partial charge >= 0.3 is 0 Å². The molecule has 0 amide bonds. The van der Waals surface area contributed by atoms with Gasteiger partial charge in [-0.05, 0) is 38.0 Å². The molecule has 1 aliphatic heterocycles. The van der Waals surface area contributed by atoms with E-state index in [2.05, 4.69) is 4.72 Å². The lowest BCUT2D eigenvalue weighted by molar-refractivity contribution is 0.0385. The number of nitrogens with zero attached hydrogens (tertiary/aromatic N) is 1. The molecule has 0 saturated carbocycles. The number of nitrogens with one attached hydrogen (secondary N) is 1. The number of morpholine rings is 1. The zero-order valence-electron chi connectivity index (χ0n) is 12.3. The van der Waals surface area contributed by atoms with Crippen LogP contribution in [-0.2, 0) is 21.4 Å². The average Bonchev–Trinajstić information content (AvgIpc) is 2.41. The van der Waals surface area contributed by atoms with Crippen LogP contribution >= 0.6 is 11.6 Å². The maximum Gasteiger partial charge on any atom is 0.280 e.